The summed E-state index contributed by atoms with van der Waals surface area (Å²) < 4.78 is 0. The zero-order chi connectivity index (χ0) is 17.7. The Hall–Kier alpha value is -2.61. The van der Waals surface area contributed by atoms with Crippen molar-refractivity contribution < 1.29 is 19.2 Å². The molecule has 0 unspecified atom stereocenters. The van der Waals surface area contributed by atoms with E-state index in [1.807, 2.05) is 0 Å². The van der Waals surface area contributed by atoms with Crippen molar-refractivity contribution in [3.63, 3.8) is 0 Å². The SMILES string of the molecule is NC(=O)c1ccc(NC(=O)C[C@@H]2C(=O)NCCN2C(=O)CCl)cc1. The lowest BCUT2D eigenvalue weighted by Crippen LogP contribution is -2.58. The van der Waals surface area contributed by atoms with Crippen LogP contribution in [0.5, 0.6) is 0 Å². The number of alkyl halides is 1. The Bertz CT molecular complexity index is 662. The van der Waals surface area contributed by atoms with E-state index < -0.39 is 23.8 Å². The third kappa shape index (κ3) is 4.23. The maximum atomic E-state index is 12.1. The van der Waals surface area contributed by atoms with Gasteiger partial charge in [0, 0.05) is 24.3 Å². The summed E-state index contributed by atoms with van der Waals surface area (Å²) in [5.74, 6) is -2.03. The van der Waals surface area contributed by atoms with Crippen molar-refractivity contribution in [1.82, 2.24) is 10.2 Å². The summed E-state index contributed by atoms with van der Waals surface area (Å²) in [5, 5.41) is 5.23. The summed E-state index contributed by atoms with van der Waals surface area (Å²) >= 11 is 5.54. The molecule has 0 aromatic heterocycles. The number of benzene rings is 1. The number of hydrogen-bond acceptors (Lipinski definition) is 4. The Labute approximate surface area is 143 Å². The van der Waals surface area contributed by atoms with Gasteiger partial charge in [-0.1, -0.05) is 0 Å². The average molecular weight is 353 g/mol. The summed E-state index contributed by atoms with van der Waals surface area (Å²) in [6.07, 6.45) is -0.188. The van der Waals surface area contributed by atoms with Gasteiger partial charge in [-0.15, -0.1) is 11.6 Å². The van der Waals surface area contributed by atoms with Gasteiger partial charge in [0.05, 0.1) is 6.42 Å². The van der Waals surface area contributed by atoms with Crippen LogP contribution < -0.4 is 16.4 Å². The third-order valence-corrected chi connectivity index (χ3v) is 3.83. The van der Waals surface area contributed by atoms with E-state index in [-0.39, 0.29) is 18.2 Å². The largest absolute Gasteiger partial charge is 0.366 e. The molecule has 1 aromatic rings. The topological polar surface area (TPSA) is 122 Å². The van der Waals surface area contributed by atoms with Gasteiger partial charge in [-0.05, 0) is 24.3 Å². The number of halogens is 1. The highest BCUT2D eigenvalue weighted by atomic mass is 35.5. The first-order valence-corrected chi connectivity index (χ1v) is 7.78. The summed E-state index contributed by atoms with van der Waals surface area (Å²) in [4.78, 5) is 48.2. The predicted octanol–water partition coefficient (Wildman–Crippen LogP) is -0.320. The third-order valence-electron chi connectivity index (χ3n) is 3.60. The fraction of sp³-hybridized carbons (Fsp3) is 0.333. The van der Waals surface area contributed by atoms with Crippen molar-refractivity contribution in [3.8, 4) is 0 Å². The quantitative estimate of drug-likeness (QED) is 0.628. The minimum Gasteiger partial charge on any atom is -0.366 e. The number of carbonyl (C=O) groups is 4. The fourth-order valence-electron chi connectivity index (χ4n) is 2.40. The van der Waals surface area contributed by atoms with Crippen molar-refractivity contribution in [2.24, 2.45) is 5.73 Å². The molecule has 2 rings (SSSR count). The standard InChI is InChI=1S/C15H17ClN4O4/c16-8-13(22)20-6-5-18-15(24)11(20)7-12(21)19-10-3-1-9(2-4-10)14(17)23/h1-4,11H,5-8H2,(H2,17,23)(H,18,24)(H,19,21)/t11-/m1/s1. The molecule has 0 radical (unpaired) electrons. The first-order valence-electron chi connectivity index (χ1n) is 7.25. The summed E-state index contributed by atoms with van der Waals surface area (Å²) in [5.41, 5.74) is 5.91. The second-order valence-corrected chi connectivity index (χ2v) is 5.49. The van der Waals surface area contributed by atoms with E-state index in [1.54, 1.807) is 0 Å². The van der Waals surface area contributed by atoms with Crippen molar-refractivity contribution >= 4 is 40.9 Å². The molecular weight excluding hydrogens is 336 g/mol. The molecule has 128 valence electrons. The number of nitrogens with one attached hydrogen (secondary N) is 2. The lowest BCUT2D eigenvalue weighted by Gasteiger charge is -2.34. The lowest BCUT2D eigenvalue weighted by molar-refractivity contribution is -0.143. The number of anilines is 1. The van der Waals surface area contributed by atoms with Gasteiger partial charge < -0.3 is 21.3 Å². The molecule has 4 amide bonds. The van der Waals surface area contributed by atoms with E-state index >= 15 is 0 Å². The van der Waals surface area contributed by atoms with E-state index in [4.69, 9.17) is 17.3 Å². The average Bonchev–Trinajstić information content (AvgIpc) is 2.56. The van der Waals surface area contributed by atoms with E-state index in [9.17, 15) is 19.2 Å². The number of primary amides is 1. The molecule has 8 nitrogen and oxygen atoms in total. The Kier molecular flexibility index (Phi) is 5.75. The maximum Gasteiger partial charge on any atom is 0.248 e. The molecular formula is C15H17ClN4O4. The summed E-state index contributed by atoms with van der Waals surface area (Å²) in [6.45, 7) is 0.636. The van der Waals surface area contributed by atoms with Gasteiger partial charge in [-0.2, -0.15) is 0 Å². The van der Waals surface area contributed by atoms with Crippen molar-refractivity contribution in [2.75, 3.05) is 24.3 Å². The highest BCUT2D eigenvalue weighted by molar-refractivity contribution is 6.27. The normalized spacial score (nSPS) is 17.1. The molecule has 0 spiro atoms. The van der Waals surface area contributed by atoms with Crippen LogP contribution in [0.3, 0.4) is 0 Å². The number of nitrogens with two attached hydrogens (primary N) is 1. The summed E-state index contributed by atoms with van der Waals surface area (Å²) in [6, 6.07) is 5.12. The second-order valence-electron chi connectivity index (χ2n) is 5.22. The number of piperazine rings is 1. The molecule has 0 aliphatic carbocycles. The second kappa shape index (κ2) is 7.78. The van der Waals surface area contributed by atoms with Gasteiger partial charge >= 0.3 is 0 Å². The molecule has 0 saturated carbocycles. The molecule has 9 heteroatoms. The molecule has 1 aliphatic rings. The smallest absolute Gasteiger partial charge is 0.248 e. The molecule has 1 atom stereocenters. The molecule has 24 heavy (non-hydrogen) atoms. The maximum absolute atomic E-state index is 12.1. The van der Waals surface area contributed by atoms with Crippen LogP contribution in [0, 0.1) is 0 Å². The van der Waals surface area contributed by atoms with Gasteiger partial charge in [0.1, 0.15) is 11.9 Å². The van der Waals surface area contributed by atoms with E-state index in [0.717, 1.165) is 0 Å². The van der Waals surface area contributed by atoms with Gasteiger partial charge in [0.15, 0.2) is 0 Å². The van der Waals surface area contributed by atoms with Crippen LogP contribution in [0.2, 0.25) is 0 Å². The monoisotopic (exact) mass is 352 g/mol. The van der Waals surface area contributed by atoms with Crippen LogP contribution in [0.1, 0.15) is 16.8 Å². The number of hydrogen-bond donors (Lipinski definition) is 3. The molecule has 1 aliphatic heterocycles. The van der Waals surface area contributed by atoms with Crippen LogP contribution in [-0.2, 0) is 14.4 Å². The van der Waals surface area contributed by atoms with Crippen LogP contribution in [0.25, 0.3) is 0 Å². The van der Waals surface area contributed by atoms with Gasteiger partial charge in [0.25, 0.3) is 0 Å². The van der Waals surface area contributed by atoms with Gasteiger partial charge in [-0.25, -0.2) is 0 Å². The lowest BCUT2D eigenvalue weighted by atomic mass is 10.1. The highest BCUT2D eigenvalue weighted by Crippen LogP contribution is 2.13. The zero-order valence-corrected chi connectivity index (χ0v) is 13.5. The number of carbonyl (C=O) groups excluding carboxylic acids is 4. The van der Waals surface area contributed by atoms with E-state index in [0.29, 0.717) is 24.3 Å². The van der Waals surface area contributed by atoms with E-state index in [1.165, 1.54) is 29.2 Å². The molecule has 1 fully saturated rings. The van der Waals surface area contributed by atoms with Crippen LogP contribution in [0.4, 0.5) is 5.69 Å². The number of rotatable bonds is 5. The first kappa shape index (κ1) is 17.7. The fourth-order valence-corrected chi connectivity index (χ4v) is 2.55. The molecule has 0 bridgehead atoms. The van der Waals surface area contributed by atoms with Gasteiger partial charge in [0.2, 0.25) is 23.6 Å². The first-order chi connectivity index (χ1) is 11.4. The Balaban J connectivity index is 2.02. The Morgan fingerprint density at radius 1 is 1.29 bits per heavy atom. The molecule has 1 saturated heterocycles. The van der Waals surface area contributed by atoms with Crippen LogP contribution in [0.15, 0.2) is 24.3 Å². The van der Waals surface area contributed by atoms with Crippen molar-refractivity contribution in [3.05, 3.63) is 29.8 Å². The van der Waals surface area contributed by atoms with Crippen LogP contribution in [-0.4, -0.2) is 53.5 Å². The Morgan fingerprint density at radius 3 is 2.54 bits per heavy atom. The minimum atomic E-state index is -0.894. The molecule has 1 aromatic carbocycles. The highest BCUT2D eigenvalue weighted by Gasteiger charge is 2.34. The Morgan fingerprint density at radius 2 is 1.96 bits per heavy atom. The number of nitrogens with zero attached hydrogens (tertiary/aromatic N) is 1. The van der Waals surface area contributed by atoms with Crippen molar-refractivity contribution in [1.29, 1.82) is 0 Å². The predicted molar refractivity (Wildman–Crippen MR) is 87.4 cm³/mol. The van der Waals surface area contributed by atoms with Crippen LogP contribution >= 0.6 is 11.6 Å². The van der Waals surface area contributed by atoms with E-state index in [2.05, 4.69) is 10.6 Å². The minimum absolute atomic E-state index is 0.188. The zero-order valence-electron chi connectivity index (χ0n) is 12.8. The number of amides is 4. The molecule has 1 heterocycles. The summed E-state index contributed by atoms with van der Waals surface area (Å²) in [7, 11) is 0. The van der Waals surface area contributed by atoms with Gasteiger partial charge in [-0.3, -0.25) is 19.2 Å². The van der Waals surface area contributed by atoms with Crippen molar-refractivity contribution in [2.45, 2.75) is 12.5 Å². The molecule has 4 N–H and O–H groups in total.